The second-order valence-electron chi connectivity index (χ2n) is 7.08. The zero-order valence-electron chi connectivity index (χ0n) is 14.6. The van der Waals surface area contributed by atoms with Crippen LogP contribution in [0.3, 0.4) is 0 Å². The van der Waals surface area contributed by atoms with Gasteiger partial charge in [0, 0.05) is 11.8 Å². The second kappa shape index (κ2) is 5.08. The summed E-state index contributed by atoms with van der Waals surface area (Å²) in [4.78, 5) is 25.5. The first-order valence-electron chi connectivity index (χ1n) is 8.60. The van der Waals surface area contributed by atoms with Crippen LogP contribution in [0.1, 0.15) is 25.1 Å². The highest BCUT2D eigenvalue weighted by molar-refractivity contribution is 5.92. The highest BCUT2D eigenvalue weighted by Gasteiger charge is 2.43. The van der Waals surface area contributed by atoms with Crippen molar-refractivity contribution in [2.24, 2.45) is 0 Å². The van der Waals surface area contributed by atoms with Crippen LogP contribution in [0.25, 0.3) is 16.4 Å². The molecule has 2 aliphatic rings. The van der Waals surface area contributed by atoms with Gasteiger partial charge >= 0.3 is 5.69 Å². The molecule has 1 aliphatic carbocycles. The van der Waals surface area contributed by atoms with E-state index in [1.165, 1.54) is 0 Å². The van der Waals surface area contributed by atoms with E-state index in [1.807, 2.05) is 37.3 Å². The van der Waals surface area contributed by atoms with Crippen molar-refractivity contribution in [3.63, 3.8) is 0 Å². The first kappa shape index (κ1) is 15.4. The lowest BCUT2D eigenvalue weighted by molar-refractivity contribution is -0.123. The van der Waals surface area contributed by atoms with Crippen molar-refractivity contribution in [2.45, 2.75) is 31.6 Å². The van der Waals surface area contributed by atoms with Gasteiger partial charge in [-0.3, -0.25) is 13.8 Å². The number of fused-ring (bicyclic) bond motifs is 6. The SMILES string of the molecule is COc1cccc2c1cc1cc3n(c(=O)n12)[C@@H]1CC(=O)C=C[C@]1(C)OC3. The van der Waals surface area contributed by atoms with Gasteiger partial charge in [0.1, 0.15) is 11.4 Å². The molecule has 2 atom stereocenters. The molecule has 2 aromatic heterocycles. The topological polar surface area (TPSA) is 61.9 Å². The van der Waals surface area contributed by atoms with Crippen molar-refractivity contribution in [3.8, 4) is 5.75 Å². The normalized spacial score (nSPS) is 24.7. The third kappa shape index (κ3) is 1.90. The Morgan fingerprint density at radius 3 is 2.92 bits per heavy atom. The van der Waals surface area contributed by atoms with E-state index >= 15 is 0 Å². The van der Waals surface area contributed by atoms with Gasteiger partial charge in [-0.2, -0.15) is 0 Å². The molecule has 0 bridgehead atoms. The fourth-order valence-corrected chi connectivity index (χ4v) is 4.19. The molecule has 1 aromatic carbocycles. The molecule has 0 fully saturated rings. The van der Waals surface area contributed by atoms with Crippen molar-refractivity contribution in [1.82, 2.24) is 8.97 Å². The molecule has 0 radical (unpaired) electrons. The predicted molar refractivity (Wildman–Crippen MR) is 96.7 cm³/mol. The van der Waals surface area contributed by atoms with Gasteiger partial charge in [0.15, 0.2) is 5.78 Å². The Morgan fingerprint density at radius 2 is 2.12 bits per heavy atom. The number of hydrogen-bond acceptors (Lipinski definition) is 4. The van der Waals surface area contributed by atoms with Crippen LogP contribution in [0, 0.1) is 0 Å². The summed E-state index contributed by atoms with van der Waals surface area (Å²) in [5.74, 6) is 0.736. The number of allylic oxidation sites excluding steroid dienone is 1. The molecule has 0 amide bonds. The van der Waals surface area contributed by atoms with E-state index in [9.17, 15) is 9.59 Å². The van der Waals surface area contributed by atoms with Crippen LogP contribution >= 0.6 is 0 Å². The first-order valence-corrected chi connectivity index (χ1v) is 8.60. The van der Waals surface area contributed by atoms with Gasteiger partial charge in [-0.1, -0.05) is 6.07 Å². The molecule has 0 saturated heterocycles. The summed E-state index contributed by atoms with van der Waals surface area (Å²) in [5, 5.41) is 0.887. The van der Waals surface area contributed by atoms with Crippen molar-refractivity contribution < 1.29 is 14.3 Å². The van der Waals surface area contributed by atoms with E-state index in [1.54, 1.807) is 28.2 Å². The van der Waals surface area contributed by atoms with Crippen molar-refractivity contribution >= 4 is 22.2 Å². The number of hydrogen-bond donors (Lipinski definition) is 0. The standard InChI is InChI=1S/C20H18N2O4/c1-20-7-6-14(23)10-18(20)22-13(11-26-20)8-12-9-15-16(21(12)19(22)24)4-3-5-17(15)25-2/h3-9,18H,10-11H2,1-2H3/t18-,20+/m1/s1. The highest BCUT2D eigenvalue weighted by atomic mass is 16.5. The Bertz CT molecular complexity index is 1170. The third-order valence-electron chi connectivity index (χ3n) is 5.57. The number of carbonyl (C=O) groups is 1. The summed E-state index contributed by atoms with van der Waals surface area (Å²) in [5.41, 5.74) is 1.58. The lowest BCUT2D eigenvalue weighted by atomic mass is 9.85. The highest BCUT2D eigenvalue weighted by Crippen LogP contribution is 2.39. The van der Waals surface area contributed by atoms with Crippen LogP contribution in [0.15, 0.2) is 47.3 Å². The summed E-state index contributed by atoms with van der Waals surface area (Å²) in [6, 6.07) is 9.23. The minimum atomic E-state index is -0.654. The molecule has 0 N–H and O–H groups in total. The van der Waals surface area contributed by atoms with Crippen LogP contribution < -0.4 is 10.4 Å². The fraction of sp³-hybridized carbons (Fsp3) is 0.300. The molecule has 26 heavy (non-hydrogen) atoms. The summed E-state index contributed by atoms with van der Waals surface area (Å²) in [6.07, 6.45) is 3.59. The monoisotopic (exact) mass is 350 g/mol. The van der Waals surface area contributed by atoms with E-state index in [2.05, 4.69) is 0 Å². The van der Waals surface area contributed by atoms with Crippen molar-refractivity contribution in [3.05, 3.63) is 58.7 Å². The van der Waals surface area contributed by atoms with Crippen LogP contribution in [0.4, 0.5) is 0 Å². The number of rotatable bonds is 1. The molecule has 0 spiro atoms. The van der Waals surface area contributed by atoms with Crippen molar-refractivity contribution in [2.75, 3.05) is 7.11 Å². The molecule has 0 unspecified atom stereocenters. The molecular formula is C20H18N2O4. The van der Waals surface area contributed by atoms with Crippen LogP contribution in [-0.4, -0.2) is 27.5 Å². The third-order valence-corrected chi connectivity index (χ3v) is 5.57. The van der Waals surface area contributed by atoms with E-state index in [0.717, 1.165) is 27.9 Å². The molecule has 0 saturated carbocycles. The lowest BCUT2D eigenvalue weighted by Crippen LogP contribution is -2.50. The van der Waals surface area contributed by atoms with Gasteiger partial charge in [-0.25, -0.2) is 4.79 Å². The minimum Gasteiger partial charge on any atom is -0.496 e. The van der Waals surface area contributed by atoms with E-state index in [-0.39, 0.29) is 23.9 Å². The quantitative estimate of drug-likeness (QED) is 0.677. The Balaban J connectivity index is 1.86. The Morgan fingerprint density at radius 1 is 1.27 bits per heavy atom. The maximum absolute atomic E-state index is 13.4. The lowest BCUT2D eigenvalue weighted by Gasteiger charge is -2.42. The van der Waals surface area contributed by atoms with E-state index in [0.29, 0.717) is 6.61 Å². The molecule has 6 nitrogen and oxygen atoms in total. The Labute approximate surface area is 149 Å². The number of aromatic nitrogens is 2. The minimum absolute atomic E-state index is 0.00922. The number of benzene rings is 1. The maximum Gasteiger partial charge on any atom is 0.333 e. The molecule has 132 valence electrons. The summed E-state index contributed by atoms with van der Waals surface area (Å²) >= 11 is 0. The largest absolute Gasteiger partial charge is 0.496 e. The smallest absolute Gasteiger partial charge is 0.333 e. The Hall–Kier alpha value is -2.86. The van der Waals surface area contributed by atoms with Gasteiger partial charge < -0.3 is 9.47 Å². The van der Waals surface area contributed by atoms with Crippen LogP contribution in [0.2, 0.25) is 0 Å². The van der Waals surface area contributed by atoms with Gasteiger partial charge in [0.25, 0.3) is 0 Å². The zero-order valence-corrected chi connectivity index (χ0v) is 14.6. The number of carbonyl (C=O) groups excluding carboxylic acids is 1. The van der Waals surface area contributed by atoms with E-state index in [4.69, 9.17) is 9.47 Å². The summed E-state index contributed by atoms with van der Waals surface area (Å²) in [6.45, 7) is 2.26. The average Bonchev–Trinajstić information content (AvgIpc) is 3.01. The average molecular weight is 350 g/mol. The van der Waals surface area contributed by atoms with Gasteiger partial charge in [-0.05, 0) is 43.3 Å². The van der Waals surface area contributed by atoms with Crippen molar-refractivity contribution in [1.29, 1.82) is 0 Å². The summed E-state index contributed by atoms with van der Waals surface area (Å²) < 4.78 is 14.9. The Kier molecular flexibility index (Phi) is 3.01. The number of nitrogens with zero attached hydrogens (tertiary/aromatic N) is 2. The predicted octanol–water partition coefficient (Wildman–Crippen LogP) is 2.62. The maximum atomic E-state index is 13.4. The molecular weight excluding hydrogens is 332 g/mol. The zero-order chi connectivity index (χ0) is 18.1. The van der Waals surface area contributed by atoms with E-state index < -0.39 is 5.60 Å². The fourth-order valence-electron chi connectivity index (χ4n) is 4.19. The van der Waals surface area contributed by atoms with Gasteiger partial charge in [-0.15, -0.1) is 0 Å². The van der Waals surface area contributed by atoms with Gasteiger partial charge in [0.05, 0.1) is 36.5 Å². The molecule has 3 heterocycles. The second-order valence-corrected chi connectivity index (χ2v) is 7.08. The van der Waals surface area contributed by atoms with Gasteiger partial charge in [0.2, 0.25) is 0 Å². The number of methoxy groups -OCH3 is 1. The van der Waals surface area contributed by atoms with Crippen LogP contribution in [0.5, 0.6) is 5.75 Å². The number of ether oxygens (including phenoxy) is 2. The molecule has 1 aliphatic heterocycles. The molecule has 6 heteroatoms. The summed E-state index contributed by atoms with van der Waals surface area (Å²) in [7, 11) is 1.62. The molecule has 3 aromatic rings. The molecule has 5 rings (SSSR count). The van der Waals surface area contributed by atoms with Crippen LogP contribution in [-0.2, 0) is 16.1 Å². The first-order chi connectivity index (χ1) is 12.5. The number of ketones is 1.